The fourth-order valence-corrected chi connectivity index (χ4v) is 3.42. The Morgan fingerprint density at radius 1 is 1.28 bits per heavy atom. The third kappa shape index (κ3) is 5.85. The van der Waals surface area contributed by atoms with Gasteiger partial charge in [-0.25, -0.2) is 13.2 Å². The van der Waals surface area contributed by atoms with Crippen molar-refractivity contribution in [2.24, 2.45) is 0 Å². The Morgan fingerprint density at radius 3 is 2.56 bits per heavy atom. The van der Waals surface area contributed by atoms with Gasteiger partial charge in [-0.1, -0.05) is 0 Å². The van der Waals surface area contributed by atoms with Gasteiger partial charge in [-0.15, -0.1) is 0 Å². The number of carboxylic acid groups (broad SMARTS) is 1. The van der Waals surface area contributed by atoms with Crippen LogP contribution in [0.15, 0.2) is 0 Å². The first kappa shape index (κ1) is 14.7. The zero-order valence-electron chi connectivity index (χ0n) is 10.0. The summed E-state index contributed by atoms with van der Waals surface area (Å²) in [5, 5.41) is 13.6. The van der Waals surface area contributed by atoms with Gasteiger partial charge >= 0.3 is 12.0 Å². The van der Waals surface area contributed by atoms with Crippen molar-refractivity contribution in [2.45, 2.75) is 31.7 Å². The van der Waals surface area contributed by atoms with Crippen LogP contribution in [0, 0.1) is 0 Å². The lowest BCUT2D eigenvalue weighted by Crippen LogP contribution is -2.42. The normalized spacial score (nSPS) is 21.4. The molecular weight excluding hydrogens is 260 g/mol. The number of hydrogen-bond donors (Lipinski definition) is 3. The predicted molar refractivity (Wildman–Crippen MR) is 65.1 cm³/mol. The molecule has 8 heteroatoms. The molecule has 3 N–H and O–H groups in total. The number of rotatable bonds is 6. The van der Waals surface area contributed by atoms with Crippen molar-refractivity contribution >= 4 is 21.8 Å². The quantitative estimate of drug-likeness (QED) is 0.579. The van der Waals surface area contributed by atoms with Crippen molar-refractivity contribution in [1.29, 1.82) is 0 Å². The Kier molecular flexibility index (Phi) is 5.39. The van der Waals surface area contributed by atoms with Gasteiger partial charge in [-0.2, -0.15) is 0 Å². The molecule has 1 aliphatic rings. The third-order valence-electron chi connectivity index (χ3n) is 2.67. The van der Waals surface area contributed by atoms with E-state index >= 15 is 0 Å². The topological polar surface area (TPSA) is 113 Å². The molecule has 0 spiro atoms. The van der Waals surface area contributed by atoms with Crippen LogP contribution >= 0.6 is 0 Å². The highest BCUT2D eigenvalue weighted by atomic mass is 32.2. The van der Waals surface area contributed by atoms with Gasteiger partial charge in [0, 0.05) is 19.0 Å². The number of carboxylic acids is 1. The molecule has 0 aromatic carbocycles. The molecular formula is C10H18N2O5S. The minimum absolute atomic E-state index is 0.000561. The average Bonchev–Trinajstić information content (AvgIpc) is 2.57. The van der Waals surface area contributed by atoms with Gasteiger partial charge in [-0.05, 0) is 19.3 Å². The van der Waals surface area contributed by atoms with Crippen LogP contribution in [0.2, 0.25) is 0 Å². The number of aliphatic carboxylic acids is 1. The van der Waals surface area contributed by atoms with Crippen molar-refractivity contribution in [1.82, 2.24) is 10.6 Å². The molecule has 104 valence electrons. The van der Waals surface area contributed by atoms with Crippen LogP contribution < -0.4 is 10.6 Å². The van der Waals surface area contributed by atoms with Crippen molar-refractivity contribution in [3.8, 4) is 0 Å². The van der Waals surface area contributed by atoms with Gasteiger partial charge in [0.25, 0.3) is 0 Å². The SMILES string of the molecule is O=C(O)CCCCNC(=O)NC1CCS(=O)(=O)C1. The highest BCUT2D eigenvalue weighted by Crippen LogP contribution is 2.10. The molecule has 1 rings (SSSR count). The van der Waals surface area contributed by atoms with Gasteiger partial charge in [-0.3, -0.25) is 4.79 Å². The number of carbonyl (C=O) groups excluding carboxylic acids is 1. The summed E-state index contributed by atoms with van der Waals surface area (Å²) >= 11 is 0. The second kappa shape index (κ2) is 6.58. The predicted octanol–water partition coefficient (Wildman–Crippen LogP) is -0.272. The Labute approximate surface area is 106 Å². The van der Waals surface area contributed by atoms with Crippen molar-refractivity contribution < 1.29 is 23.1 Å². The molecule has 0 aromatic heterocycles. The van der Waals surface area contributed by atoms with E-state index in [9.17, 15) is 18.0 Å². The number of hydrogen-bond acceptors (Lipinski definition) is 4. The van der Waals surface area contributed by atoms with Gasteiger partial charge in [0.1, 0.15) is 0 Å². The highest BCUT2D eigenvalue weighted by Gasteiger charge is 2.28. The van der Waals surface area contributed by atoms with E-state index in [-0.39, 0.29) is 24.0 Å². The number of urea groups is 1. The third-order valence-corrected chi connectivity index (χ3v) is 4.44. The van der Waals surface area contributed by atoms with Crippen LogP contribution in [0.4, 0.5) is 4.79 Å². The maximum absolute atomic E-state index is 11.4. The zero-order chi connectivity index (χ0) is 13.6. The van der Waals surface area contributed by atoms with Crippen LogP contribution in [0.25, 0.3) is 0 Å². The van der Waals surface area contributed by atoms with E-state index in [4.69, 9.17) is 5.11 Å². The molecule has 0 aliphatic carbocycles. The van der Waals surface area contributed by atoms with Gasteiger partial charge in [0.05, 0.1) is 11.5 Å². The van der Waals surface area contributed by atoms with Crippen LogP contribution in [-0.4, -0.2) is 49.6 Å². The maximum Gasteiger partial charge on any atom is 0.315 e. The Bertz CT molecular complexity index is 406. The maximum atomic E-state index is 11.4. The Balaban J connectivity index is 2.09. The number of nitrogens with one attached hydrogen (secondary N) is 2. The van der Waals surface area contributed by atoms with Crippen molar-refractivity contribution in [3.63, 3.8) is 0 Å². The number of amides is 2. The standard InChI is InChI=1S/C10H18N2O5S/c13-9(14)3-1-2-5-11-10(15)12-8-4-6-18(16,17)7-8/h8H,1-7H2,(H,13,14)(H2,11,12,15). The molecule has 1 atom stereocenters. The molecule has 0 saturated carbocycles. The summed E-state index contributed by atoms with van der Waals surface area (Å²) in [5.41, 5.74) is 0. The van der Waals surface area contributed by atoms with Crippen LogP contribution in [-0.2, 0) is 14.6 Å². The van der Waals surface area contributed by atoms with Crippen LogP contribution in [0.1, 0.15) is 25.7 Å². The van der Waals surface area contributed by atoms with E-state index < -0.39 is 21.8 Å². The summed E-state index contributed by atoms with van der Waals surface area (Å²) in [4.78, 5) is 21.6. The smallest absolute Gasteiger partial charge is 0.315 e. The summed E-state index contributed by atoms with van der Waals surface area (Å²) in [5.74, 6) is -0.730. The highest BCUT2D eigenvalue weighted by molar-refractivity contribution is 7.91. The number of sulfone groups is 1. The molecule has 0 bridgehead atoms. The number of carbonyl (C=O) groups is 2. The summed E-state index contributed by atoms with van der Waals surface area (Å²) in [7, 11) is -2.99. The molecule has 1 aliphatic heterocycles. The Hall–Kier alpha value is -1.31. The van der Waals surface area contributed by atoms with Crippen molar-refractivity contribution in [2.75, 3.05) is 18.1 Å². The second-order valence-electron chi connectivity index (χ2n) is 4.35. The van der Waals surface area contributed by atoms with Crippen molar-refractivity contribution in [3.05, 3.63) is 0 Å². The van der Waals surface area contributed by atoms with E-state index in [1.54, 1.807) is 0 Å². The molecule has 2 amide bonds. The molecule has 0 aromatic rings. The molecule has 7 nitrogen and oxygen atoms in total. The molecule has 1 heterocycles. The molecule has 18 heavy (non-hydrogen) atoms. The molecule has 1 fully saturated rings. The average molecular weight is 278 g/mol. The molecule has 1 unspecified atom stereocenters. The van der Waals surface area contributed by atoms with E-state index in [0.29, 0.717) is 25.8 Å². The van der Waals surface area contributed by atoms with E-state index in [1.807, 2.05) is 0 Å². The zero-order valence-corrected chi connectivity index (χ0v) is 10.8. The largest absolute Gasteiger partial charge is 0.481 e. The monoisotopic (exact) mass is 278 g/mol. The minimum atomic E-state index is -2.99. The summed E-state index contributed by atoms with van der Waals surface area (Å²) < 4.78 is 22.3. The van der Waals surface area contributed by atoms with E-state index in [2.05, 4.69) is 10.6 Å². The minimum Gasteiger partial charge on any atom is -0.481 e. The first-order valence-corrected chi connectivity index (χ1v) is 7.68. The summed E-state index contributed by atoms with van der Waals surface area (Å²) in [6.45, 7) is 0.387. The fourth-order valence-electron chi connectivity index (χ4n) is 1.75. The summed E-state index contributed by atoms with van der Waals surface area (Å²) in [6, 6.07) is -0.707. The second-order valence-corrected chi connectivity index (χ2v) is 6.58. The number of unbranched alkanes of at least 4 members (excludes halogenated alkanes) is 1. The first-order chi connectivity index (χ1) is 8.39. The van der Waals surface area contributed by atoms with Crippen LogP contribution in [0.5, 0.6) is 0 Å². The Morgan fingerprint density at radius 2 is 2.00 bits per heavy atom. The molecule has 1 saturated heterocycles. The van der Waals surface area contributed by atoms with Gasteiger partial charge in [0.15, 0.2) is 9.84 Å². The molecule has 0 radical (unpaired) electrons. The lowest BCUT2D eigenvalue weighted by atomic mass is 10.2. The van der Waals surface area contributed by atoms with E-state index in [0.717, 1.165) is 0 Å². The van der Waals surface area contributed by atoms with E-state index in [1.165, 1.54) is 0 Å². The lowest BCUT2D eigenvalue weighted by molar-refractivity contribution is -0.137. The van der Waals surface area contributed by atoms with Crippen LogP contribution in [0.3, 0.4) is 0 Å². The van der Waals surface area contributed by atoms with Gasteiger partial charge in [0.2, 0.25) is 0 Å². The summed E-state index contributed by atoms with van der Waals surface area (Å²) in [6.07, 6.45) is 1.63. The fraction of sp³-hybridized carbons (Fsp3) is 0.800. The van der Waals surface area contributed by atoms with Gasteiger partial charge < -0.3 is 15.7 Å². The first-order valence-electron chi connectivity index (χ1n) is 5.85. The lowest BCUT2D eigenvalue weighted by Gasteiger charge is -2.11.